The van der Waals surface area contributed by atoms with E-state index in [1.807, 2.05) is 13.8 Å². The lowest BCUT2D eigenvalue weighted by molar-refractivity contribution is -0.119. The van der Waals surface area contributed by atoms with Gasteiger partial charge in [-0.15, -0.1) is 11.8 Å². The molecule has 26 heavy (non-hydrogen) atoms. The Morgan fingerprint density at radius 2 is 1.62 bits per heavy atom. The van der Waals surface area contributed by atoms with Crippen LogP contribution in [0.3, 0.4) is 0 Å². The summed E-state index contributed by atoms with van der Waals surface area (Å²) in [6.07, 6.45) is 0. The lowest BCUT2D eigenvalue weighted by Gasteiger charge is -2.15. The molecule has 0 aromatic heterocycles. The Labute approximate surface area is 155 Å². The molecule has 0 saturated heterocycles. The van der Waals surface area contributed by atoms with Gasteiger partial charge in [-0.25, -0.2) is 9.29 Å². The number of ether oxygens (including phenoxy) is 1. The van der Waals surface area contributed by atoms with Gasteiger partial charge in [-0.3, -0.25) is 9.59 Å². The molecular formula is C20H18FNO3S. The quantitative estimate of drug-likeness (QED) is 0.712. The Bertz CT molecular complexity index is 860. The molecule has 0 radical (unpaired) electrons. The van der Waals surface area contributed by atoms with E-state index in [2.05, 4.69) is 0 Å². The maximum atomic E-state index is 13.2. The monoisotopic (exact) mass is 371 g/mol. The molecule has 2 aromatic carbocycles. The van der Waals surface area contributed by atoms with Crippen LogP contribution in [0.5, 0.6) is 5.75 Å². The largest absolute Gasteiger partial charge is 0.494 e. The number of carbonyl (C=O) groups is 2. The first kappa shape index (κ1) is 18.2. The maximum Gasteiger partial charge on any atom is 0.272 e. The smallest absolute Gasteiger partial charge is 0.272 e. The number of hydrogen-bond donors (Lipinski definition) is 0. The summed E-state index contributed by atoms with van der Waals surface area (Å²) in [7, 11) is 0. The highest BCUT2D eigenvalue weighted by Crippen LogP contribution is 2.38. The average Bonchev–Trinajstić information content (AvgIpc) is 2.88. The highest BCUT2D eigenvalue weighted by atomic mass is 32.2. The minimum atomic E-state index is -0.401. The predicted octanol–water partition coefficient (Wildman–Crippen LogP) is 4.26. The summed E-state index contributed by atoms with van der Waals surface area (Å²) in [5, 5.41) is 0. The zero-order chi connectivity index (χ0) is 18.7. The van der Waals surface area contributed by atoms with E-state index >= 15 is 0 Å². The van der Waals surface area contributed by atoms with Crippen LogP contribution in [0, 0.1) is 5.82 Å². The number of amides is 2. The Hall–Kier alpha value is -2.60. The van der Waals surface area contributed by atoms with E-state index in [1.54, 1.807) is 24.3 Å². The number of thioether (sulfide) groups is 1. The van der Waals surface area contributed by atoms with Crippen molar-refractivity contribution in [3.63, 3.8) is 0 Å². The van der Waals surface area contributed by atoms with Gasteiger partial charge in [-0.2, -0.15) is 0 Å². The van der Waals surface area contributed by atoms with E-state index in [4.69, 9.17) is 4.74 Å². The third kappa shape index (κ3) is 3.37. The maximum absolute atomic E-state index is 13.2. The van der Waals surface area contributed by atoms with E-state index in [0.717, 1.165) is 4.90 Å². The van der Waals surface area contributed by atoms with Crippen LogP contribution in [0.15, 0.2) is 53.4 Å². The van der Waals surface area contributed by atoms with E-state index in [0.29, 0.717) is 39.8 Å². The van der Waals surface area contributed by atoms with E-state index in [9.17, 15) is 14.0 Å². The first-order valence-electron chi connectivity index (χ1n) is 8.31. The number of rotatable bonds is 6. The zero-order valence-corrected chi connectivity index (χ0v) is 15.3. The fourth-order valence-corrected chi connectivity index (χ4v) is 3.60. The molecule has 3 rings (SSSR count). The van der Waals surface area contributed by atoms with Gasteiger partial charge >= 0.3 is 0 Å². The van der Waals surface area contributed by atoms with E-state index in [-0.39, 0.29) is 11.7 Å². The van der Waals surface area contributed by atoms with Crippen molar-refractivity contribution in [1.29, 1.82) is 0 Å². The lowest BCUT2D eigenvalue weighted by atomic mass is 10.1. The van der Waals surface area contributed by atoms with Crippen molar-refractivity contribution in [1.82, 2.24) is 0 Å². The summed E-state index contributed by atoms with van der Waals surface area (Å²) in [6.45, 7) is 4.33. The van der Waals surface area contributed by atoms with Gasteiger partial charge in [0.2, 0.25) is 0 Å². The molecule has 6 heteroatoms. The summed E-state index contributed by atoms with van der Waals surface area (Å²) in [5.41, 5.74) is 1.33. The Morgan fingerprint density at radius 3 is 2.19 bits per heavy atom. The predicted molar refractivity (Wildman–Crippen MR) is 102 cm³/mol. The van der Waals surface area contributed by atoms with Crippen LogP contribution in [-0.4, -0.2) is 24.2 Å². The molecule has 1 aliphatic heterocycles. The number of benzene rings is 2. The van der Waals surface area contributed by atoms with E-state index in [1.165, 1.54) is 36.0 Å². The standard InChI is InChI=1S/C20H18FNO3S/c1-3-25-16-11-9-15(10-12-16)22-19(23)17(18(20(22)24)26-4-2)13-5-7-14(21)8-6-13/h5-12H,3-4H2,1-2H3. The first-order chi connectivity index (χ1) is 12.6. The van der Waals surface area contributed by atoms with Crippen molar-refractivity contribution < 1.29 is 18.7 Å². The molecule has 0 unspecified atom stereocenters. The third-order valence-electron chi connectivity index (χ3n) is 3.87. The van der Waals surface area contributed by atoms with Crippen molar-refractivity contribution >= 4 is 34.8 Å². The minimum Gasteiger partial charge on any atom is -0.494 e. The summed E-state index contributed by atoms with van der Waals surface area (Å²) < 4.78 is 18.6. The van der Waals surface area contributed by atoms with Crippen molar-refractivity contribution in [2.45, 2.75) is 13.8 Å². The molecule has 0 saturated carbocycles. The summed E-state index contributed by atoms with van der Waals surface area (Å²) in [4.78, 5) is 27.4. The molecule has 0 aliphatic carbocycles. The number of carbonyl (C=O) groups excluding carboxylic acids is 2. The molecule has 1 heterocycles. The Kier molecular flexibility index (Phi) is 5.42. The third-order valence-corrected chi connectivity index (χ3v) is 4.82. The molecule has 2 amide bonds. The number of imide groups is 1. The number of hydrogen-bond acceptors (Lipinski definition) is 4. The van der Waals surface area contributed by atoms with Crippen LogP contribution in [0.4, 0.5) is 10.1 Å². The average molecular weight is 371 g/mol. The van der Waals surface area contributed by atoms with Crippen molar-refractivity contribution in [2.75, 3.05) is 17.3 Å². The molecule has 0 atom stereocenters. The number of halogens is 1. The normalized spacial score (nSPS) is 14.3. The molecule has 134 valence electrons. The molecule has 0 N–H and O–H groups in total. The van der Waals surface area contributed by atoms with Gasteiger partial charge in [0.15, 0.2) is 0 Å². The van der Waals surface area contributed by atoms with Crippen LogP contribution in [0.1, 0.15) is 19.4 Å². The summed E-state index contributed by atoms with van der Waals surface area (Å²) in [5.74, 6) is 0.173. The second kappa shape index (κ2) is 7.74. The molecule has 0 fully saturated rings. The second-order valence-corrected chi connectivity index (χ2v) is 6.79. The molecule has 1 aliphatic rings. The van der Waals surface area contributed by atoms with Gasteiger partial charge in [0.1, 0.15) is 11.6 Å². The van der Waals surface area contributed by atoms with Gasteiger partial charge in [-0.05, 0) is 54.6 Å². The van der Waals surface area contributed by atoms with Gasteiger partial charge in [-0.1, -0.05) is 19.1 Å². The Balaban J connectivity index is 2.00. The fraction of sp³-hybridized carbons (Fsp3) is 0.200. The molecule has 2 aromatic rings. The minimum absolute atomic E-state index is 0.315. The SMILES string of the molecule is CCOc1ccc(N2C(=O)C(SCC)=C(c3ccc(F)cc3)C2=O)cc1. The topological polar surface area (TPSA) is 46.6 Å². The van der Waals surface area contributed by atoms with Crippen molar-refractivity contribution in [2.24, 2.45) is 0 Å². The highest BCUT2D eigenvalue weighted by molar-refractivity contribution is 8.04. The van der Waals surface area contributed by atoms with Crippen LogP contribution in [0.25, 0.3) is 5.57 Å². The Morgan fingerprint density at radius 1 is 0.962 bits per heavy atom. The number of nitrogens with zero attached hydrogens (tertiary/aromatic N) is 1. The van der Waals surface area contributed by atoms with E-state index < -0.39 is 5.91 Å². The van der Waals surface area contributed by atoms with Crippen LogP contribution in [-0.2, 0) is 9.59 Å². The van der Waals surface area contributed by atoms with Gasteiger partial charge in [0, 0.05) is 0 Å². The van der Waals surface area contributed by atoms with Crippen molar-refractivity contribution in [3.05, 3.63) is 64.8 Å². The fourth-order valence-electron chi connectivity index (χ4n) is 2.75. The van der Waals surface area contributed by atoms with Gasteiger partial charge in [0.25, 0.3) is 11.8 Å². The zero-order valence-electron chi connectivity index (χ0n) is 14.5. The lowest BCUT2D eigenvalue weighted by Crippen LogP contribution is -2.31. The van der Waals surface area contributed by atoms with Gasteiger partial charge < -0.3 is 4.74 Å². The molecule has 4 nitrogen and oxygen atoms in total. The highest BCUT2D eigenvalue weighted by Gasteiger charge is 2.39. The van der Waals surface area contributed by atoms with Crippen LogP contribution < -0.4 is 9.64 Å². The second-order valence-electron chi connectivity index (χ2n) is 5.52. The summed E-state index contributed by atoms with van der Waals surface area (Å²) in [6, 6.07) is 12.4. The van der Waals surface area contributed by atoms with Crippen LogP contribution in [0.2, 0.25) is 0 Å². The van der Waals surface area contributed by atoms with Crippen LogP contribution >= 0.6 is 11.8 Å². The van der Waals surface area contributed by atoms with Crippen molar-refractivity contribution in [3.8, 4) is 5.75 Å². The summed E-state index contributed by atoms with van der Waals surface area (Å²) >= 11 is 1.32. The molecule has 0 spiro atoms. The number of anilines is 1. The first-order valence-corrected chi connectivity index (χ1v) is 9.30. The molecular weight excluding hydrogens is 353 g/mol. The molecule has 0 bridgehead atoms. The van der Waals surface area contributed by atoms with Gasteiger partial charge in [0.05, 0.1) is 22.8 Å².